The van der Waals surface area contributed by atoms with Crippen LogP contribution in [0.25, 0.3) is 0 Å². The van der Waals surface area contributed by atoms with Crippen molar-refractivity contribution in [1.29, 1.82) is 0 Å². The van der Waals surface area contributed by atoms with Crippen molar-refractivity contribution in [2.24, 2.45) is 5.73 Å². The summed E-state index contributed by atoms with van der Waals surface area (Å²) < 4.78 is 5.67. The lowest BCUT2D eigenvalue weighted by atomic mass is 10.0. The van der Waals surface area contributed by atoms with Crippen molar-refractivity contribution < 1.29 is 19.1 Å². The van der Waals surface area contributed by atoms with Crippen LogP contribution in [0.1, 0.15) is 35.3 Å². The molecule has 0 saturated heterocycles. The fraction of sp³-hybridized carbons (Fsp3) is 0.286. The Balaban J connectivity index is 1.72. The summed E-state index contributed by atoms with van der Waals surface area (Å²) in [6, 6.07) is 14.5. The van der Waals surface area contributed by atoms with Crippen LogP contribution >= 0.6 is 0 Å². The van der Waals surface area contributed by atoms with Gasteiger partial charge in [-0.2, -0.15) is 0 Å². The van der Waals surface area contributed by atoms with E-state index in [2.05, 4.69) is 5.32 Å². The van der Waals surface area contributed by atoms with Crippen LogP contribution in [0.2, 0.25) is 0 Å². The third-order valence-electron chi connectivity index (χ3n) is 4.60. The van der Waals surface area contributed by atoms with Gasteiger partial charge in [-0.15, -0.1) is 0 Å². The van der Waals surface area contributed by atoms with Gasteiger partial charge in [0.2, 0.25) is 11.8 Å². The number of ether oxygens (including phenoxy) is 1. The third kappa shape index (κ3) is 4.31. The van der Waals surface area contributed by atoms with E-state index in [0.717, 1.165) is 0 Å². The number of primary amides is 1. The molecule has 1 aliphatic rings. The predicted octanol–water partition coefficient (Wildman–Crippen LogP) is 1.64. The SMILES string of the molecule is CC(CC(=O)N1CCOc2ccccc2C1C(N)=O)NC(=O)c1ccccc1. The maximum Gasteiger partial charge on any atom is 0.251 e. The zero-order valence-electron chi connectivity index (χ0n) is 15.6. The number of benzene rings is 2. The smallest absolute Gasteiger partial charge is 0.251 e. The Labute approximate surface area is 163 Å². The predicted molar refractivity (Wildman–Crippen MR) is 104 cm³/mol. The Morgan fingerprint density at radius 2 is 1.82 bits per heavy atom. The monoisotopic (exact) mass is 381 g/mol. The molecule has 0 saturated carbocycles. The first kappa shape index (κ1) is 19.4. The van der Waals surface area contributed by atoms with Crippen molar-refractivity contribution in [3.8, 4) is 5.75 Å². The van der Waals surface area contributed by atoms with Gasteiger partial charge in [0, 0.05) is 23.6 Å². The Bertz CT molecular complexity index is 869. The first-order chi connectivity index (χ1) is 13.5. The van der Waals surface area contributed by atoms with Gasteiger partial charge in [0.05, 0.1) is 6.54 Å². The molecule has 2 aromatic rings. The molecule has 2 unspecified atom stereocenters. The Hall–Kier alpha value is -3.35. The molecule has 3 amide bonds. The topological polar surface area (TPSA) is 102 Å². The molecular formula is C21H23N3O4. The van der Waals surface area contributed by atoms with Crippen molar-refractivity contribution in [3.05, 3.63) is 65.7 Å². The number of para-hydroxylation sites is 1. The summed E-state index contributed by atoms with van der Waals surface area (Å²) in [4.78, 5) is 38.8. The number of amides is 3. The molecule has 3 N–H and O–H groups in total. The Morgan fingerprint density at radius 1 is 1.14 bits per heavy atom. The van der Waals surface area contributed by atoms with Gasteiger partial charge in [-0.1, -0.05) is 36.4 Å². The van der Waals surface area contributed by atoms with E-state index in [-0.39, 0.29) is 31.4 Å². The molecule has 7 nitrogen and oxygen atoms in total. The number of nitrogens with one attached hydrogen (secondary N) is 1. The van der Waals surface area contributed by atoms with Crippen molar-refractivity contribution in [3.63, 3.8) is 0 Å². The molecule has 146 valence electrons. The lowest BCUT2D eigenvalue weighted by Gasteiger charge is -2.29. The molecule has 1 aliphatic heterocycles. The van der Waals surface area contributed by atoms with Crippen molar-refractivity contribution >= 4 is 17.7 Å². The number of hydrogen-bond donors (Lipinski definition) is 2. The highest BCUT2D eigenvalue weighted by atomic mass is 16.5. The van der Waals surface area contributed by atoms with E-state index in [1.54, 1.807) is 55.5 Å². The largest absolute Gasteiger partial charge is 0.491 e. The van der Waals surface area contributed by atoms with Gasteiger partial charge in [0.1, 0.15) is 18.4 Å². The standard InChI is InChI=1S/C21H23N3O4/c1-14(23-21(27)15-7-3-2-4-8-15)13-18(25)24-11-12-28-17-10-6-5-9-16(17)19(24)20(22)26/h2-10,14,19H,11-13H2,1H3,(H2,22,26)(H,23,27). The average molecular weight is 381 g/mol. The van der Waals surface area contributed by atoms with E-state index < -0.39 is 18.0 Å². The molecule has 2 aromatic carbocycles. The van der Waals surface area contributed by atoms with Crippen LogP contribution in [0.5, 0.6) is 5.75 Å². The fourth-order valence-electron chi connectivity index (χ4n) is 3.29. The molecule has 2 atom stereocenters. The minimum atomic E-state index is -0.900. The van der Waals surface area contributed by atoms with Gasteiger partial charge >= 0.3 is 0 Å². The number of nitrogens with zero attached hydrogens (tertiary/aromatic N) is 1. The highest BCUT2D eigenvalue weighted by molar-refractivity contribution is 5.95. The molecule has 7 heteroatoms. The van der Waals surface area contributed by atoms with Gasteiger partial charge in [-0.3, -0.25) is 14.4 Å². The highest BCUT2D eigenvalue weighted by Crippen LogP contribution is 2.32. The van der Waals surface area contributed by atoms with Gasteiger partial charge in [0.15, 0.2) is 0 Å². The zero-order valence-corrected chi connectivity index (χ0v) is 15.6. The molecule has 0 bridgehead atoms. The maximum atomic E-state index is 12.9. The highest BCUT2D eigenvalue weighted by Gasteiger charge is 2.34. The summed E-state index contributed by atoms with van der Waals surface area (Å²) in [5.74, 6) is -0.596. The molecule has 0 fully saturated rings. The molecule has 0 radical (unpaired) electrons. The fourth-order valence-corrected chi connectivity index (χ4v) is 3.29. The molecule has 1 heterocycles. The minimum Gasteiger partial charge on any atom is -0.491 e. The van der Waals surface area contributed by atoms with E-state index in [9.17, 15) is 14.4 Å². The van der Waals surface area contributed by atoms with E-state index in [0.29, 0.717) is 16.9 Å². The van der Waals surface area contributed by atoms with Gasteiger partial charge in [-0.05, 0) is 25.1 Å². The number of hydrogen-bond acceptors (Lipinski definition) is 4. The van der Waals surface area contributed by atoms with E-state index >= 15 is 0 Å². The lowest BCUT2D eigenvalue weighted by molar-refractivity contribution is -0.140. The van der Waals surface area contributed by atoms with Gasteiger partial charge in [-0.25, -0.2) is 0 Å². The Morgan fingerprint density at radius 3 is 2.54 bits per heavy atom. The second kappa shape index (κ2) is 8.56. The van der Waals surface area contributed by atoms with Crippen molar-refractivity contribution in [1.82, 2.24) is 10.2 Å². The van der Waals surface area contributed by atoms with E-state index in [1.165, 1.54) is 4.90 Å². The molecule has 3 rings (SSSR count). The Kier molecular flexibility index (Phi) is 5.93. The maximum absolute atomic E-state index is 12.9. The molecular weight excluding hydrogens is 358 g/mol. The number of nitrogens with two attached hydrogens (primary N) is 1. The first-order valence-electron chi connectivity index (χ1n) is 9.14. The minimum absolute atomic E-state index is 0.0462. The summed E-state index contributed by atoms with van der Waals surface area (Å²) in [5, 5.41) is 2.81. The molecule has 0 aromatic heterocycles. The van der Waals surface area contributed by atoms with Crippen LogP contribution in [0.15, 0.2) is 54.6 Å². The molecule has 0 spiro atoms. The summed E-state index contributed by atoms with van der Waals surface area (Å²) in [6.45, 7) is 2.25. The van der Waals surface area contributed by atoms with Crippen LogP contribution in [-0.2, 0) is 9.59 Å². The van der Waals surface area contributed by atoms with Gasteiger partial charge < -0.3 is 20.7 Å². The second-order valence-electron chi connectivity index (χ2n) is 6.72. The second-order valence-corrected chi connectivity index (χ2v) is 6.72. The lowest BCUT2D eigenvalue weighted by Crippen LogP contribution is -2.45. The molecule has 0 aliphatic carbocycles. The quantitative estimate of drug-likeness (QED) is 0.822. The normalized spacial score (nSPS) is 16.9. The van der Waals surface area contributed by atoms with Gasteiger partial charge in [0.25, 0.3) is 5.91 Å². The molecule has 28 heavy (non-hydrogen) atoms. The summed E-state index contributed by atoms with van der Waals surface area (Å²) >= 11 is 0. The average Bonchev–Trinajstić information content (AvgIpc) is 2.88. The van der Waals surface area contributed by atoms with Crippen LogP contribution in [0.3, 0.4) is 0 Å². The van der Waals surface area contributed by atoms with Crippen LogP contribution in [-0.4, -0.2) is 41.8 Å². The number of fused-ring (bicyclic) bond motifs is 1. The number of carbonyl (C=O) groups is 3. The van der Waals surface area contributed by atoms with Crippen molar-refractivity contribution in [2.45, 2.75) is 25.4 Å². The first-order valence-corrected chi connectivity index (χ1v) is 9.14. The van der Waals surface area contributed by atoms with Crippen LogP contribution in [0, 0.1) is 0 Å². The van der Waals surface area contributed by atoms with Crippen LogP contribution in [0.4, 0.5) is 0 Å². The summed E-state index contributed by atoms with van der Waals surface area (Å²) in [6.07, 6.45) is 0.0462. The summed E-state index contributed by atoms with van der Waals surface area (Å²) in [7, 11) is 0. The van der Waals surface area contributed by atoms with Crippen molar-refractivity contribution in [2.75, 3.05) is 13.2 Å². The number of rotatable bonds is 5. The summed E-state index contributed by atoms with van der Waals surface area (Å²) in [5.41, 5.74) is 6.70. The number of carbonyl (C=O) groups excluding carboxylic acids is 3. The van der Waals surface area contributed by atoms with E-state index in [4.69, 9.17) is 10.5 Å². The zero-order chi connectivity index (χ0) is 20.1. The third-order valence-corrected chi connectivity index (χ3v) is 4.60. The van der Waals surface area contributed by atoms with E-state index in [1.807, 2.05) is 6.07 Å². The van der Waals surface area contributed by atoms with Crippen LogP contribution < -0.4 is 15.8 Å².